The van der Waals surface area contributed by atoms with E-state index in [1.807, 2.05) is 19.1 Å². The van der Waals surface area contributed by atoms with Crippen LogP contribution in [-0.2, 0) is 4.79 Å². The highest BCUT2D eigenvalue weighted by Gasteiger charge is 2.38. The van der Waals surface area contributed by atoms with Crippen molar-refractivity contribution in [2.75, 3.05) is 26.7 Å². The van der Waals surface area contributed by atoms with Gasteiger partial charge in [0.25, 0.3) is 0 Å². The number of nitrogens with one attached hydrogen (secondary N) is 1. The summed E-state index contributed by atoms with van der Waals surface area (Å²) in [5.74, 6) is 0.891. The molecule has 1 saturated heterocycles. The average Bonchev–Trinajstić information content (AvgIpc) is 3.16. The smallest absolute Gasteiger partial charge is 0.225 e. The van der Waals surface area contributed by atoms with E-state index in [1.165, 1.54) is 18.4 Å². The number of benzene rings is 1. The number of carbonyl (C=O) groups excluding carboxylic acids is 1. The van der Waals surface area contributed by atoms with E-state index in [9.17, 15) is 4.79 Å². The summed E-state index contributed by atoms with van der Waals surface area (Å²) in [5, 5.41) is 3.22. The highest BCUT2D eigenvalue weighted by molar-refractivity contribution is 5.80. The molecule has 0 bridgehead atoms. The molecule has 1 saturated carbocycles. The molecule has 3 unspecified atom stereocenters. The highest BCUT2D eigenvalue weighted by Crippen LogP contribution is 2.32. The molecule has 1 aliphatic heterocycles. The predicted octanol–water partition coefficient (Wildman–Crippen LogP) is 2.86. The number of hydrogen-bond acceptors (Lipinski definition) is 4. The Balaban J connectivity index is 1.70. The molecular formula is C21H33N3O2. The molecule has 5 nitrogen and oxygen atoms in total. The van der Waals surface area contributed by atoms with Crippen molar-refractivity contribution in [3.63, 3.8) is 0 Å². The molecule has 2 fully saturated rings. The third-order valence-electron chi connectivity index (χ3n) is 6.10. The van der Waals surface area contributed by atoms with Gasteiger partial charge in [-0.25, -0.2) is 0 Å². The molecule has 1 amide bonds. The minimum Gasteiger partial charge on any atom is -0.497 e. The van der Waals surface area contributed by atoms with Crippen molar-refractivity contribution in [3.8, 4) is 5.75 Å². The maximum absolute atomic E-state index is 12.9. The lowest BCUT2D eigenvalue weighted by molar-refractivity contribution is -0.128. The lowest BCUT2D eigenvalue weighted by Gasteiger charge is -2.38. The quantitative estimate of drug-likeness (QED) is 0.820. The van der Waals surface area contributed by atoms with Gasteiger partial charge < -0.3 is 15.8 Å². The van der Waals surface area contributed by atoms with Gasteiger partial charge in [0.1, 0.15) is 5.75 Å². The summed E-state index contributed by atoms with van der Waals surface area (Å²) in [6, 6.07) is 8.39. The van der Waals surface area contributed by atoms with Crippen LogP contribution in [0, 0.1) is 5.92 Å². The Bertz CT molecular complexity index is 611. The summed E-state index contributed by atoms with van der Waals surface area (Å²) < 4.78 is 5.39. The third-order valence-corrected chi connectivity index (χ3v) is 6.10. The fraction of sp³-hybridized carbons (Fsp3) is 0.667. The molecule has 3 rings (SSSR count). The first-order valence-corrected chi connectivity index (χ1v) is 9.96. The molecule has 3 N–H and O–H groups in total. The van der Waals surface area contributed by atoms with Gasteiger partial charge in [-0.15, -0.1) is 0 Å². The van der Waals surface area contributed by atoms with Gasteiger partial charge in [-0.3, -0.25) is 9.69 Å². The molecule has 26 heavy (non-hydrogen) atoms. The van der Waals surface area contributed by atoms with E-state index in [2.05, 4.69) is 22.3 Å². The number of amides is 1. The second kappa shape index (κ2) is 8.40. The topological polar surface area (TPSA) is 67.6 Å². The van der Waals surface area contributed by atoms with Gasteiger partial charge in [-0.1, -0.05) is 25.0 Å². The minimum atomic E-state index is -0.387. The van der Waals surface area contributed by atoms with E-state index >= 15 is 0 Å². The molecule has 144 valence electrons. The van der Waals surface area contributed by atoms with E-state index in [4.69, 9.17) is 10.5 Å². The van der Waals surface area contributed by atoms with Gasteiger partial charge in [0, 0.05) is 12.1 Å². The van der Waals surface area contributed by atoms with Crippen LogP contribution in [-0.4, -0.2) is 43.1 Å². The van der Waals surface area contributed by atoms with E-state index in [1.54, 1.807) is 7.11 Å². The first kappa shape index (κ1) is 19.2. The molecule has 1 aliphatic carbocycles. The zero-order valence-corrected chi connectivity index (χ0v) is 16.2. The van der Waals surface area contributed by atoms with Crippen molar-refractivity contribution in [3.05, 3.63) is 29.8 Å². The van der Waals surface area contributed by atoms with Crippen LogP contribution < -0.4 is 15.8 Å². The summed E-state index contributed by atoms with van der Waals surface area (Å²) >= 11 is 0. The van der Waals surface area contributed by atoms with Crippen molar-refractivity contribution in [1.29, 1.82) is 0 Å². The van der Waals surface area contributed by atoms with E-state index in [0.29, 0.717) is 6.54 Å². The summed E-state index contributed by atoms with van der Waals surface area (Å²) in [6.07, 6.45) is 6.48. The molecular weight excluding hydrogens is 326 g/mol. The Morgan fingerprint density at radius 1 is 1.35 bits per heavy atom. The highest BCUT2D eigenvalue weighted by atomic mass is 16.5. The number of nitrogens with zero attached hydrogens (tertiary/aromatic N) is 1. The number of methoxy groups -OCH3 is 1. The van der Waals surface area contributed by atoms with Gasteiger partial charge in [0.05, 0.1) is 19.1 Å². The van der Waals surface area contributed by atoms with Crippen LogP contribution in [0.15, 0.2) is 24.3 Å². The number of carbonyl (C=O) groups is 1. The number of ether oxygens (including phenoxy) is 1. The zero-order valence-electron chi connectivity index (χ0n) is 16.2. The second-order valence-corrected chi connectivity index (χ2v) is 8.08. The van der Waals surface area contributed by atoms with Crippen LogP contribution in [0.3, 0.4) is 0 Å². The molecule has 1 heterocycles. The summed E-state index contributed by atoms with van der Waals surface area (Å²) in [7, 11) is 1.69. The second-order valence-electron chi connectivity index (χ2n) is 8.08. The number of rotatable bonds is 6. The standard InChI is InChI=1S/C21H33N3O2/c1-21(22)11-4-3-10-18(21)20(25)23-15-19(24-12-5-6-13-24)16-8-7-9-17(14-16)26-2/h7-9,14,18-19H,3-6,10-13,15,22H2,1-2H3,(H,23,25). The normalized spacial score (nSPS) is 27.9. The summed E-state index contributed by atoms with van der Waals surface area (Å²) in [4.78, 5) is 15.3. The molecule has 2 aliphatic rings. The first-order valence-electron chi connectivity index (χ1n) is 9.96. The largest absolute Gasteiger partial charge is 0.497 e. The maximum atomic E-state index is 12.9. The predicted molar refractivity (Wildman–Crippen MR) is 104 cm³/mol. The first-order chi connectivity index (χ1) is 12.5. The van der Waals surface area contributed by atoms with Crippen LogP contribution >= 0.6 is 0 Å². The molecule has 0 radical (unpaired) electrons. The van der Waals surface area contributed by atoms with Crippen LogP contribution in [0.2, 0.25) is 0 Å². The Labute approximate surface area is 157 Å². The maximum Gasteiger partial charge on any atom is 0.225 e. The SMILES string of the molecule is COc1cccc(C(CNC(=O)C2CCCCC2(C)N)N2CCCC2)c1. The molecule has 0 aromatic heterocycles. The average molecular weight is 360 g/mol. The van der Waals surface area contributed by atoms with Gasteiger partial charge in [0.15, 0.2) is 0 Å². The Kier molecular flexibility index (Phi) is 6.20. The fourth-order valence-corrected chi connectivity index (χ4v) is 4.47. The van der Waals surface area contributed by atoms with E-state index in [0.717, 1.165) is 44.5 Å². The van der Waals surface area contributed by atoms with Crippen molar-refractivity contribution < 1.29 is 9.53 Å². The minimum absolute atomic E-state index is 0.0826. The van der Waals surface area contributed by atoms with Gasteiger partial charge in [-0.05, 0) is 63.4 Å². The monoisotopic (exact) mass is 359 g/mol. The molecule has 0 spiro atoms. The van der Waals surface area contributed by atoms with Crippen molar-refractivity contribution in [1.82, 2.24) is 10.2 Å². The van der Waals surface area contributed by atoms with Crippen molar-refractivity contribution >= 4 is 5.91 Å². The van der Waals surface area contributed by atoms with Gasteiger partial charge in [0.2, 0.25) is 5.91 Å². The summed E-state index contributed by atoms with van der Waals surface area (Å²) in [5.41, 5.74) is 7.22. The Hall–Kier alpha value is -1.59. The van der Waals surface area contributed by atoms with Crippen LogP contribution in [0.25, 0.3) is 0 Å². The lowest BCUT2D eigenvalue weighted by Crippen LogP contribution is -2.53. The number of hydrogen-bond donors (Lipinski definition) is 2. The van der Waals surface area contributed by atoms with Crippen LogP contribution in [0.4, 0.5) is 0 Å². The van der Waals surface area contributed by atoms with Crippen molar-refractivity contribution in [2.45, 2.75) is 57.0 Å². The van der Waals surface area contributed by atoms with Gasteiger partial charge in [-0.2, -0.15) is 0 Å². The van der Waals surface area contributed by atoms with Crippen LogP contribution in [0.1, 0.15) is 57.1 Å². The van der Waals surface area contributed by atoms with Crippen LogP contribution in [0.5, 0.6) is 5.75 Å². The summed E-state index contributed by atoms with van der Waals surface area (Å²) in [6.45, 7) is 4.81. The Morgan fingerprint density at radius 3 is 2.81 bits per heavy atom. The lowest BCUT2D eigenvalue weighted by atomic mass is 9.74. The molecule has 1 aromatic carbocycles. The van der Waals surface area contributed by atoms with E-state index in [-0.39, 0.29) is 23.4 Å². The van der Waals surface area contributed by atoms with E-state index < -0.39 is 0 Å². The molecule has 5 heteroatoms. The molecule has 3 atom stereocenters. The number of nitrogens with two attached hydrogens (primary N) is 1. The molecule has 1 aromatic rings. The van der Waals surface area contributed by atoms with Gasteiger partial charge >= 0.3 is 0 Å². The third kappa shape index (κ3) is 4.38. The fourth-order valence-electron chi connectivity index (χ4n) is 4.47. The van der Waals surface area contributed by atoms with Crippen molar-refractivity contribution in [2.24, 2.45) is 11.7 Å². The Morgan fingerprint density at radius 2 is 2.12 bits per heavy atom. The zero-order chi connectivity index (χ0) is 18.6. The number of likely N-dealkylation sites (tertiary alicyclic amines) is 1.